The van der Waals surface area contributed by atoms with Crippen LogP contribution in [0, 0.1) is 0 Å². The molecule has 2 heterocycles. The van der Waals surface area contributed by atoms with Gasteiger partial charge < -0.3 is 19.1 Å². The van der Waals surface area contributed by atoms with Crippen LogP contribution in [0.5, 0.6) is 5.75 Å². The summed E-state index contributed by atoms with van der Waals surface area (Å²) in [5.74, 6) is 0.00651. The summed E-state index contributed by atoms with van der Waals surface area (Å²) in [6, 6.07) is 16.1. The molecule has 4 rings (SSSR count). The van der Waals surface area contributed by atoms with Crippen molar-refractivity contribution in [3.05, 3.63) is 71.5 Å². The van der Waals surface area contributed by atoms with Crippen molar-refractivity contribution >= 4 is 20.6 Å². The van der Waals surface area contributed by atoms with Gasteiger partial charge in [-0.1, -0.05) is 42.5 Å². The van der Waals surface area contributed by atoms with Gasteiger partial charge >= 0.3 is 0 Å². The Morgan fingerprint density at radius 1 is 1.09 bits per heavy atom. The molecule has 0 unspecified atom stereocenters. The summed E-state index contributed by atoms with van der Waals surface area (Å²) in [6.45, 7) is 1.28. The van der Waals surface area contributed by atoms with Gasteiger partial charge in [0, 0.05) is 19.7 Å². The van der Waals surface area contributed by atoms with E-state index in [-0.39, 0.29) is 29.1 Å². The van der Waals surface area contributed by atoms with Gasteiger partial charge in [-0.2, -0.15) is 0 Å². The second kappa shape index (κ2) is 9.75. The van der Waals surface area contributed by atoms with Crippen LogP contribution in [0.25, 0.3) is 4.91 Å². The van der Waals surface area contributed by atoms with Gasteiger partial charge in [0.2, 0.25) is 5.76 Å². The van der Waals surface area contributed by atoms with E-state index in [1.165, 1.54) is 0 Å². The number of sulfone groups is 1. The van der Waals surface area contributed by atoms with Gasteiger partial charge in [-0.15, -0.1) is 0 Å². The third-order valence-corrected chi connectivity index (χ3v) is 7.36. The lowest BCUT2D eigenvalue weighted by Gasteiger charge is -2.29. The molecule has 2 aromatic carbocycles. The van der Waals surface area contributed by atoms with Gasteiger partial charge in [0.15, 0.2) is 9.84 Å². The number of benzene rings is 2. The fourth-order valence-electron chi connectivity index (χ4n) is 3.97. The van der Waals surface area contributed by atoms with E-state index in [2.05, 4.69) is 0 Å². The fourth-order valence-corrected chi connectivity index (χ4v) is 5.40. The Labute approximate surface area is 188 Å². The van der Waals surface area contributed by atoms with Crippen molar-refractivity contribution in [3.63, 3.8) is 0 Å². The van der Waals surface area contributed by atoms with Crippen molar-refractivity contribution < 1.29 is 27.4 Å². The SMILES string of the molecule is COc1ccc(CN(C[C@@H]2CCCO2)C(=O)C2=C(c3ccccc3)S(=O)(=O)CCO2)cc1. The van der Waals surface area contributed by atoms with Crippen molar-refractivity contribution in [3.8, 4) is 5.75 Å². The summed E-state index contributed by atoms with van der Waals surface area (Å²) in [5, 5.41) is 0. The second-order valence-corrected chi connectivity index (χ2v) is 9.91. The van der Waals surface area contributed by atoms with Crippen LogP contribution in [0.15, 0.2) is 60.4 Å². The molecule has 170 valence electrons. The molecule has 0 aliphatic carbocycles. The fraction of sp³-hybridized carbons (Fsp3) is 0.375. The molecule has 1 fully saturated rings. The zero-order chi connectivity index (χ0) is 22.6. The molecular weight excluding hydrogens is 430 g/mol. The molecule has 2 aromatic rings. The number of nitrogens with zero attached hydrogens (tertiary/aromatic N) is 1. The molecule has 2 aliphatic heterocycles. The number of hydrogen-bond donors (Lipinski definition) is 0. The highest BCUT2D eigenvalue weighted by molar-refractivity contribution is 8.00. The first-order valence-corrected chi connectivity index (χ1v) is 12.3. The summed E-state index contributed by atoms with van der Waals surface area (Å²) < 4.78 is 42.6. The maximum atomic E-state index is 13.7. The first-order chi connectivity index (χ1) is 15.5. The lowest BCUT2D eigenvalue weighted by atomic mass is 10.1. The molecule has 0 saturated carbocycles. The molecule has 1 atom stereocenters. The van der Waals surface area contributed by atoms with Crippen LogP contribution < -0.4 is 4.74 Å². The molecule has 1 amide bonds. The van der Waals surface area contributed by atoms with Crippen molar-refractivity contribution in [2.45, 2.75) is 25.5 Å². The van der Waals surface area contributed by atoms with Crippen LogP contribution in [0.4, 0.5) is 0 Å². The summed E-state index contributed by atoms with van der Waals surface area (Å²) in [4.78, 5) is 15.3. The minimum absolute atomic E-state index is 0.0404. The molecule has 8 heteroatoms. The Morgan fingerprint density at radius 2 is 1.84 bits per heavy atom. The molecule has 0 radical (unpaired) electrons. The average Bonchev–Trinajstić information content (AvgIpc) is 3.31. The van der Waals surface area contributed by atoms with E-state index in [9.17, 15) is 13.2 Å². The van der Waals surface area contributed by atoms with Crippen LogP contribution in [0.2, 0.25) is 0 Å². The molecule has 0 spiro atoms. The van der Waals surface area contributed by atoms with Crippen molar-refractivity contribution in [1.82, 2.24) is 4.90 Å². The van der Waals surface area contributed by atoms with E-state index < -0.39 is 15.7 Å². The number of hydrogen-bond acceptors (Lipinski definition) is 6. The topological polar surface area (TPSA) is 82.1 Å². The van der Waals surface area contributed by atoms with E-state index in [0.29, 0.717) is 25.3 Å². The normalized spacial score (nSPS) is 20.0. The van der Waals surface area contributed by atoms with Gasteiger partial charge in [0.1, 0.15) is 17.3 Å². The van der Waals surface area contributed by atoms with Crippen LogP contribution in [-0.4, -0.2) is 58.0 Å². The number of carbonyl (C=O) groups excluding carboxylic acids is 1. The zero-order valence-electron chi connectivity index (χ0n) is 18.0. The van der Waals surface area contributed by atoms with Gasteiger partial charge in [-0.25, -0.2) is 8.42 Å². The quantitative estimate of drug-likeness (QED) is 0.636. The highest BCUT2D eigenvalue weighted by atomic mass is 32.2. The maximum Gasteiger partial charge on any atom is 0.290 e. The molecular formula is C24H27NO6S. The highest BCUT2D eigenvalue weighted by Crippen LogP contribution is 2.31. The van der Waals surface area contributed by atoms with E-state index in [1.807, 2.05) is 24.3 Å². The molecule has 7 nitrogen and oxygen atoms in total. The minimum Gasteiger partial charge on any atom is -0.497 e. The summed E-state index contributed by atoms with van der Waals surface area (Å²) in [6.07, 6.45) is 1.71. The summed E-state index contributed by atoms with van der Waals surface area (Å²) in [7, 11) is -2.06. The lowest BCUT2D eigenvalue weighted by Crippen LogP contribution is -2.40. The largest absolute Gasteiger partial charge is 0.497 e. The first kappa shape index (κ1) is 22.4. The van der Waals surface area contributed by atoms with Crippen molar-refractivity contribution in [2.75, 3.05) is 32.6 Å². The van der Waals surface area contributed by atoms with E-state index in [4.69, 9.17) is 14.2 Å². The smallest absolute Gasteiger partial charge is 0.290 e. The lowest BCUT2D eigenvalue weighted by molar-refractivity contribution is -0.133. The predicted molar refractivity (Wildman–Crippen MR) is 120 cm³/mol. The van der Waals surface area contributed by atoms with Crippen molar-refractivity contribution in [1.29, 1.82) is 0 Å². The zero-order valence-corrected chi connectivity index (χ0v) is 18.8. The highest BCUT2D eigenvalue weighted by Gasteiger charge is 2.36. The van der Waals surface area contributed by atoms with Crippen LogP contribution >= 0.6 is 0 Å². The minimum atomic E-state index is -3.65. The monoisotopic (exact) mass is 457 g/mol. The Bertz CT molecular complexity index is 1070. The van der Waals surface area contributed by atoms with Crippen LogP contribution in [0.3, 0.4) is 0 Å². The number of carbonyl (C=O) groups is 1. The van der Waals surface area contributed by atoms with Gasteiger partial charge in [-0.3, -0.25) is 4.79 Å². The number of ether oxygens (including phenoxy) is 3. The van der Waals surface area contributed by atoms with E-state index in [0.717, 1.165) is 24.2 Å². The van der Waals surface area contributed by atoms with E-state index in [1.54, 1.807) is 42.3 Å². The van der Waals surface area contributed by atoms with Gasteiger partial charge in [-0.05, 0) is 36.1 Å². The number of methoxy groups -OCH3 is 1. The van der Waals surface area contributed by atoms with Crippen molar-refractivity contribution in [2.24, 2.45) is 0 Å². The Balaban J connectivity index is 1.71. The third-order valence-electron chi connectivity index (χ3n) is 5.61. The second-order valence-electron chi connectivity index (χ2n) is 7.86. The molecule has 32 heavy (non-hydrogen) atoms. The average molecular weight is 458 g/mol. The summed E-state index contributed by atoms with van der Waals surface area (Å²) in [5.41, 5.74) is 1.36. The molecule has 0 N–H and O–H groups in total. The molecule has 1 saturated heterocycles. The maximum absolute atomic E-state index is 13.7. The standard InChI is InChI=1S/C24H27NO6S/c1-29-20-11-9-18(10-12-20)16-25(17-21-8-5-13-30-21)24(26)22-23(19-6-3-2-4-7-19)32(27,28)15-14-31-22/h2-4,6-7,9-12,21H,5,8,13-17H2,1H3/t21-/m0/s1. The molecule has 0 aromatic heterocycles. The van der Waals surface area contributed by atoms with Gasteiger partial charge in [0.05, 0.1) is 19.0 Å². The van der Waals surface area contributed by atoms with Crippen LogP contribution in [0.1, 0.15) is 24.0 Å². The predicted octanol–water partition coefficient (Wildman–Crippen LogP) is 3.02. The third kappa shape index (κ3) is 4.97. The Morgan fingerprint density at radius 3 is 2.50 bits per heavy atom. The van der Waals surface area contributed by atoms with Crippen LogP contribution in [-0.2, 0) is 30.7 Å². The Hall–Kier alpha value is -2.84. The first-order valence-electron chi connectivity index (χ1n) is 10.7. The number of rotatable bonds is 7. The molecule has 0 bridgehead atoms. The molecule has 2 aliphatic rings. The number of amides is 1. The summed E-state index contributed by atoms with van der Waals surface area (Å²) >= 11 is 0. The Kier molecular flexibility index (Phi) is 6.81. The van der Waals surface area contributed by atoms with E-state index >= 15 is 0 Å². The van der Waals surface area contributed by atoms with Gasteiger partial charge in [0.25, 0.3) is 5.91 Å².